The summed E-state index contributed by atoms with van der Waals surface area (Å²) in [6.07, 6.45) is 1.25. The van der Waals surface area contributed by atoms with Gasteiger partial charge in [-0.1, -0.05) is 20.3 Å². The number of ether oxygens (including phenoxy) is 2. The molecule has 1 aromatic carbocycles. The third-order valence-electron chi connectivity index (χ3n) is 2.90. The van der Waals surface area contributed by atoms with Crippen molar-refractivity contribution in [1.29, 1.82) is 0 Å². The van der Waals surface area contributed by atoms with E-state index in [9.17, 15) is 13.2 Å². The van der Waals surface area contributed by atoms with Crippen LogP contribution in [-0.2, 0) is 15.9 Å². The Morgan fingerprint density at radius 1 is 1.04 bits per heavy atom. The lowest BCUT2D eigenvalue weighted by atomic mass is 10.0. The molecule has 0 amide bonds. The molecule has 1 unspecified atom stereocenters. The lowest BCUT2D eigenvalue weighted by molar-refractivity contribution is 0.358. The molecule has 0 radical (unpaired) electrons. The van der Waals surface area contributed by atoms with Crippen LogP contribution in [-0.4, -0.2) is 38.6 Å². The number of benzene rings is 1. The summed E-state index contributed by atoms with van der Waals surface area (Å²) in [4.78, 5) is 8.29. The summed E-state index contributed by atoms with van der Waals surface area (Å²) in [5.41, 5.74) is -0.000229. The third kappa shape index (κ3) is 5.26. The minimum absolute atomic E-state index is 0.000229. The van der Waals surface area contributed by atoms with Gasteiger partial charge in [0.15, 0.2) is 11.6 Å². The molecule has 2 rings (SSSR count). The molecule has 0 bridgehead atoms. The minimum Gasteiger partial charge on any atom is -0.483 e. The molecule has 1 aliphatic heterocycles. The van der Waals surface area contributed by atoms with E-state index in [1.807, 2.05) is 0 Å². The molecule has 1 atom stereocenters. The Morgan fingerprint density at radius 2 is 1.65 bits per heavy atom. The van der Waals surface area contributed by atoms with E-state index in [1.54, 1.807) is 0 Å². The quantitative estimate of drug-likeness (QED) is 0.779. The normalized spacial score (nSPS) is 16.7. The lowest BCUT2D eigenvalue weighted by Gasteiger charge is -2.20. The number of methoxy groups -OCH3 is 2. The van der Waals surface area contributed by atoms with Crippen LogP contribution in [0.1, 0.15) is 25.8 Å². The number of nitrogens with zero attached hydrogens (tertiary/aromatic N) is 2. The average molecular weight is 330 g/mol. The predicted molar refractivity (Wildman–Crippen MR) is 83.5 cm³/mol. The van der Waals surface area contributed by atoms with E-state index < -0.39 is 23.5 Å². The second-order valence-electron chi connectivity index (χ2n) is 4.87. The summed E-state index contributed by atoms with van der Waals surface area (Å²) in [7, 11) is 2.86. The van der Waals surface area contributed by atoms with Crippen molar-refractivity contribution in [3.63, 3.8) is 0 Å². The van der Waals surface area contributed by atoms with Crippen molar-refractivity contribution in [2.24, 2.45) is 9.98 Å². The van der Waals surface area contributed by atoms with Gasteiger partial charge in [0, 0.05) is 12.5 Å². The SMILES string of the molecule is CCC.COC1=NC(Cc2cc(F)c(F)cc2F)C(OC)=NC1. The molecule has 1 aliphatic rings. The van der Waals surface area contributed by atoms with Gasteiger partial charge < -0.3 is 9.47 Å². The molecule has 0 N–H and O–H groups in total. The Kier molecular flexibility index (Phi) is 7.57. The molecule has 128 valence electrons. The fourth-order valence-electron chi connectivity index (χ4n) is 1.90. The molecule has 0 saturated carbocycles. The standard InChI is InChI=1S/C13H13F3N2O2.C3H8/c1-19-12-6-17-13(20-2)11(18-12)4-7-3-9(15)10(16)5-8(7)14;1-3-2/h3,5,11H,4,6H2,1-2H3;3H2,1-2H3. The van der Waals surface area contributed by atoms with Crippen molar-refractivity contribution in [2.75, 3.05) is 20.8 Å². The fraction of sp³-hybridized carbons (Fsp3) is 0.500. The smallest absolute Gasteiger partial charge is 0.209 e. The van der Waals surface area contributed by atoms with E-state index in [1.165, 1.54) is 20.6 Å². The van der Waals surface area contributed by atoms with Gasteiger partial charge >= 0.3 is 0 Å². The van der Waals surface area contributed by atoms with E-state index in [4.69, 9.17) is 9.47 Å². The number of hydrogen-bond acceptors (Lipinski definition) is 4. The highest BCUT2D eigenvalue weighted by Crippen LogP contribution is 2.18. The number of rotatable bonds is 2. The zero-order valence-electron chi connectivity index (χ0n) is 13.7. The largest absolute Gasteiger partial charge is 0.483 e. The maximum absolute atomic E-state index is 13.6. The molecule has 1 aromatic rings. The van der Waals surface area contributed by atoms with Crippen molar-refractivity contribution in [3.8, 4) is 0 Å². The van der Waals surface area contributed by atoms with Gasteiger partial charge in [0.2, 0.25) is 11.8 Å². The summed E-state index contributed by atoms with van der Waals surface area (Å²) in [6.45, 7) is 4.48. The molecule has 0 aliphatic carbocycles. The lowest BCUT2D eigenvalue weighted by Crippen LogP contribution is -2.31. The van der Waals surface area contributed by atoms with Crippen molar-refractivity contribution < 1.29 is 22.6 Å². The van der Waals surface area contributed by atoms with Crippen molar-refractivity contribution in [1.82, 2.24) is 0 Å². The predicted octanol–water partition coefficient (Wildman–Crippen LogP) is 3.53. The van der Waals surface area contributed by atoms with Gasteiger partial charge in [-0.25, -0.2) is 23.2 Å². The molecular formula is C16H21F3N2O2. The molecule has 7 heteroatoms. The summed E-state index contributed by atoms with van der Waals surface area (Å²) in [5, 5.41) is 0. The van der Waals surface area contributed by atoms with Gasteiger partial charge in [-0.15, -0.1) is 0 Å². The van der Waals surface area contributed by atoms with E-state index in [-0.39, 0.29) is 18.5 Å². The molecule has 0 aromatic heterocycles. The highest BCUT2D eigenvalue weighted by molar-refractivity contribution is 5.92. The van der Waals surface area contributed by atoms with Crippen LogP contribution in [0.2, 0.25) is 0 Å². The van der Waals surface area contributed by atoms with E-state index in [0.29, 0.717) is 17.9 Å². The first-order valence-corrected chi connectivity index (χ1v) is 7.29. The maximum atomic E-state index is 13.6. The molecule has 0 saturated heterocycles. The van der Waals surface area contributed by atoms with Gasteiger partial charge in [0.25, 0.3) is 0 Å². The van der Waals surface area contributed by atoms with Gasteiger partial charge in [-0.2, -0.15) is 0 Å². The first-order valence-electron chi connectivity index (χ1n) is 7.29. The van der Waals surface area contributed by atoms with Gasteiger partial charge in [0.05, 0.1) is 14.2 Å². The Hall–Kier alpha value is -2.05. The Labute approximate surface area is 134 Å². The van der Waals surface area contributed by atoms with Crippen molar-refractivity contribution >= 4 is 11.8 Å². The zero-order chi connectivity index (χ0) is 17.4. The highest BCUT2D eigenvalue weighted by atomic mass is 19.2. The average Bonchev–Trinajstić information content (AvgIpc) is 2.53. The van der Waals surface area contributed by atoms with E-state index in [0.717, 1.165) is 6.07 Å². The van der Waals surface area contributed by atoms with Gasteiger partial charge in [0.1, 0.15) is 18.4 Å². The van der Waals surface area contributed by atoms with E-state index >= 15 is 0 Å². The van der Waals surface area contributed by atoms with Gasteiger partial charge in [-0.05, 0) is 11.6 Å². The van der Waals surface area contributed by atoms with Crippen LogP contribution >= 0.6 is 0 Å². The fourth-order valence-corrected chi connectivity index (χ4v) is 1.90. The minimum atomic E-state index is -1.23. The summed E-state index contributed by atoms with van der Waals surface area (Å²) in [5.74, 6) is -2.49. The second kappa shape index (κ2) is 9.17. The number of aliphatic imine (C=N–C) groups is 2. The molecule has 1 heterocycles. The maximum Gasteiger partial charge on any atom is 0.209 e. The highest BCUT2D eigenvalue weighted by Gasteiger charge is 2.24. The Balaban J connectivity index is 0.000000816. The first kappa shape index (κ1) is 19.0. The van der Waals surface area contributed by atoms with Crippen molar-refractivity contribution in [2.45, 2.75) is 32.7 Å². The van der Waals surface area contributed by atoms with Crippen LogP contribution in [0.5, 0.6) is 0 Å². The number of hydrogen-bond donors (Lipinski definition) is 0. The van der Waals surface area contributed by atoms with Gasteiger partial charge in [-0.3, -0.25) is 0 Å². The Bertz CT molecular complexity index is 589. The van der Waals surface area contributed by atoms with Crippen LogP contribution in [0, 0.1) is 17.5 Å². The Morgan fingerprint density at radius 3 is 2.22 bits per heavy atom. The van der Waals surface area contributed by atoms with Crippen LogP contribution < -0.4 is 0 Å². The van der Waals surface area contributed by atoms with Crippen LogP contribution in [0.3, 0.4) is 0 Å². The topological polar surface area (TPSA) is 43.2 Å². The molecule has 4 nitrogen and oxygen atoms in total. The summed E-state index contributed by atoms with van der Waals surface area (Å²) >= 11 is 0. The van der Waals surface area contributed by atoms with Crippen LogP contribution in [0.4, 0.5) is 13.2 Å². The van der Waals surface area contributed by atoms with Crippen LogP contribution in [0.25, 0.3) is 0 Å². The summed E-state index contributed by atoms with van der Waals surface area (Å²) in [6, 6.07) is 0.704. The number of halogens is 3. The molecular weight excluding hydrogens is 309 g/mol. The zero-order valence-corrected chi connectivity index (χ0v) is 13.7. The molecule has 23 heavy (non-hydrogen) atoms. The molecule has 0 fully saturated rings. The second-order valence-corrected chi connectivity index (χ2v) is 4.87. The monoisotopic (exact) mass is 330 g/mol. The van der Waals surface area contributed by atoms with E-state index in [2.05, 4.69) is 23.8 Å². The van der Waals surface area contributed by atoms with Crippen molar-refractivity contribution in [3.05, 3.63) is 35.1 Å². The summed E-state index contributed by atoms with van der Waals surface area (Å²) < 4.78 is 49.7. The van der Waals surface area contributed by atoms with Crippen LogP contribution in [0.15, 0.2) is 22.1 Å². The third-order valence-corrected chi connectivity index (χ3v) is 2.90. The molecule has 0 spiro atoms. The first-order chi connectivity index (χ1) is 11.0.